The molecule has 1 N–H and O–H groups in total. The predicted molar refractivity (Wildman–Crippen MR) is 87.8 cm³/mol. The van der Waals surface area contributed by atoms with Crippen LogP contribution >= 0.6 is 11.6 Å². The van der Waals surface area contributed by atoms with Crippen molar-refractivity contribution in [2.24, 2.45) is 0 Å². The summed E-state index contributed by atoms with van der Waals surface area (Å²) in [7, 11) is 0. The quantitative estimate of drug-likeness (QED) is 0.907. The molecule has 22 heavy (non-hydrogen) atoms. The van der Waals surface area contributed by atoms with Gasteiger partial charge in [0.25, 0.3) is 0 Å². The van der Waals surface area contributed by atoms with Crippen LogP contribution in [0.25, 0.3) is 11.3 Å². The smallest absolute Gasteiger partial charge is 0.341 e. The molecule has 0 amide bonds. The third-order valence-corrected chi connectivity index (χ3v) is 3.84. The van der Waals surface area contributed by atoms with Crippen molar-refractivity contribution in [1.29, 1.82) is 0 Å². The fourth-order valence-electron chi connectivity index (χ4n) is 2.49. The summed E-state index contributed by atoms with van der Waals surface area (Å²) in [5, 5.41) is 10.0. The van der Waals surface area contributed by atoms with E-state index in [1.807, 2.05) is 11.5 Å². The summed E-state index contributed by atoms with van der Waals surface area (Å²) in [6, 6.07) is 8.26. The van der Waals surface area contributed by atoms with Crippen LogP contribution in [0.4, 0.5) is 0 Å². The second kappa shape index (κ2) is 6.79. The lowest BCUT2D eigenvalue weighted by molar-refractivity contribution is 0.0695. The van der Waals surface area contributed by atoms with Crippen LogP contribution < -0.4 is 5.43 Å². The molecular weight excluding hydrogens is 302 g/mol. The second-order valence-electron chi connectivity index (χ2n) is 5.19. The fourth-order valence-corrected chi connectivity index (χ4v) is 2.61. The molecule has 0 saturated carbocycles. The van der Waals surface area contributed by atoms with Crippen LogP contribution in [-0.2, 0) is 6.54 Å². The average Bonchev–Trinajstić information content (AvgIpc) is 2.46. The van der Waals surface area contributed by atoms with Crippen LogP contribution in [-0.4, -0.2) is 15.6 Å². The van der Waals surface area contributed by atoms with E-state index in [4.69, 9.17) is 11.6 Å². The maximum absolute atomic E-state index is 12.1. The van der Waals surface area contributed by atoms with E-state index in [1.165, 1.54) is 6.07 Å². The van der Waals surface area contributed by atoms with Gasteiger partial charge in [-0.25, -0.2) is 4.79 Å². The summed E-state index contributed by atoms with van der Waals surface area (Å²) >= 11 is 5.90. The van der Waals surface area contributed by atoms with Crippen LogP contribution in [0.3, 0.4) is 0 Å². The highest BCUT2D eigenvalue weighted by molar-refractivity contribution is 6.30. The molecule has 0 aliphatic heterocycles. The Balaban J connectivity index is 2.78. The van der Waals surface area contributed by atoms with Crippen LogP contribution in [0.1, 0.15) is 35.8 Å². The first-order valence-electron chi connectivity index (χ1n) is 7.19. The van der Waals surface area contributed by atoms with E-state index in [1.54, 1.807) is 24.3 Å². The number of nitrogens with zero attached hydrogens (tertiary/aromatic N) is 1. The topological polar surface area (TPSA) is 59.3 Å². The number of pyridine rings is 1. The van der Waals surface area contributed by atoms with Gasteiger partial charge in [-0.1, -0.05) is 37.1 Å². The van der Waals surface area contributed by atoms with Crippen LogP contribution in [0.15, 0.2) is 35.1 Å². The number of aromatic carboxylic acids is 1. The van der Waals surface area contributed by atoms with E-state index >= 15 is 0 Å². The summed E-state index contributed by atoms with van der Waals surface area (Å²) in [6.07, 6.45) is 1.89. The molecule has 0 radical (unpaired) electrons. The number of hydrogen-bond donors (Lipinski definition) is 1. The Kier molecular flexibility index (Phi) is 5.03. The number of halogens is 1. The Morgan fingerprint density at radius 3 is 2.45 bits per heavy atom. The van der Waals surface area contributed by atoms with Crippen molar-refractivity contribution in [3.05, 3.63) is 56.8 Å². The van der Waals surface area contributed by atoms with Gasteiger partial charge in [0, 0.05) is 23.3 Å². The third-order valence-electron chi connectivity index (χ3n) is 3.59. The van der Waals surface area contributed by atoms with Crippen molar-refractivity contribution in [2.45, 2.75) is 33.2 Å². The number of hydrogen-bond acceptors (Lipinski definition) is 2. The molecule has 0 fully saturated rings. The normalized spacial score (nSPS) is 10.7. The van der Waals surface area contributed by atoms with Crippen molar-refractivity contribution in [1.82, 2.24) is 4.57 Å². The lowest BCUT2D eigenvalue weighted by atomic mass is 10.0. The zero-order valence-electron chi connectivity index (χ0n) is 12.6. The van der Waals surface area contributed by atoms with Crippen molar-refractivity contribution in [2.75, 3.05) is 0 Å². The summed E-state index contributed by atoms with van der Waals surface area (Å²) in [4.78, 5) is 23.7. The van der Waals surface area contributed by atoms with Gasteiger partial charge in [-0.3, -0.25) is 4.79 Å². The van der Waals surface area contributed by atoms with E-state index in [0.717, 1.165) is 18.5 Å². The Morgan fingerprint density at radius 2 is 1.91 bits per heavy atom. The van der Waals surface area contributed by atoms with E-state index in [-0.39, 0.29) is 5.56 Å². The van der Waals surface area contributed by atoms with E-state index in [0.29, 0.717) is 22.8 Å². The summed E-state index contributed by atoms with van der Waals surface area (Å²) in [6.45, 7) is 4.56. The first-order chi connectivity index (χ1) is 10.5. The van der Waals surface area contributed by atoms with Crippen molar-refractivity contribution in [3.63, 3.8) is 0 Å². The Labute approximate surface area is 134 Å². The average molecular weight is 320 g/mol. The standard InChI is InChI=1S/C17H18ClNO3/c1-3-4-9-19-11(2)10-14(20)15(17(21)22)16(19)12-5-7-13(18)8-6-12/h5-8,10H,3-4,9H2,1-2H3,(H,21,22). The van der Waals surface area contributed by atoms with Gasteiger partial charge >= 0.3 is 5.97 Å². The molecule has 0 unspecified atom stereocenters. The molecule has 0 spiro atoms. The number of aromatic nitrogens is 1. The molecule has 2 aromatic rings. The highest BCUT2D eigenvalue weighted by atomic mass is 35.5. The van der Waals surface area contributed by atoms with E-state index in [2.05, 4.69) is 6.92 Å². The SMILES string of the molecule is CCCCn1c(C)cc(=O)c(C(=O)O)c1-c1ccc(Cl)cc1. The highest BCUT2D eigenvalue weighted by Crippen LogP contribution is 2.25. The van der Waals surface area contributed by atoms with Gasteiger partial charge in [0.1, 0.15) is 5.56 Å². The molecule has 4 nitrogen and oxygen atoms in total. The van der Waals surface area contributed by atoms with Gasteiger partial charge in [0.05, 0.1) is 5.69 Å². The molecule has 0 saturated heterocycles. The molecule has 0 bridgehead atoms. The first-order valence-corrected chi connectivity index (χ1v) is 7.57. The monoisotopic (exact) mass is 319 g/mol. The van der Waals surface area contributed by atoms with Gasteiger partial charge in [0.15, 0.2) is 5.43 Å². The maximum Gasteiger partial charge on any atom is 0.341 e. The maximum atomic E-state index is 12.1. The van der Waals surface area contributed by atoms with Crippen molar-refractivity contribution < 1.29 is 9.90 Å². The van der Waals surface area contributed by atoms with Crippen molar-refractivity contribution >= 4 is 17.6 Å². The fraction of sp³-hybridized carbons (Fsp3) is 0.294. The number of aryl methyl sites for hydroxylation is 1. The molecule has 2 rings (SSSR count). The van der Waals surface area contributed by atoms with Crippen LogP contribution in [0.2, 0.25) is 5.02 Å². The lowest BCUT2D eigenvalue weighted by Crippen LogP contribution is -2.22. The molecule has 1 aromatic heterocycles. The Bertz CT molecular complexity index is 748. The minimum absolute atomic E-state index is 0.191. The van der Waals surface area contributed by atoms with Crippen molar-refractivity contribution in [3.8, 4) is 11.3 Å². The molecule has 0 aliphatic carbocycles. The minimum atomic E-state index is -1.21. The Morgan fingerprint density at radius 1 is 1.27 bits per heavy atom. The molecule has 1 aromatic carbocycles. The minimum Gasteiger partial charge on any atom is -0.477 e. The van der Waals surface area contributed by atoms with Gasteiger partial charge in [-0.15, -0.1) is 0 Å². The predicted octanol–water partition coefficient (Wildman–Crippen LogP) is 3.98. The summed E-state index contributed by atoms with van der Waals surface area (Å²) in [5.41, 5.74) is 1.22. The van der Waals surface area contributed by atoms with Gasteiger partial charge in [-0.05, 0) is 31.0 Å². The van der Waals surface area contributed by atoms with Gasteiger partial charge < -0.3 is 9.67 Å². The van der Waals surface area contributed by atoms with E-state index in [9.17, 15) is 14.7 Å². The number of carbonyl (C=O) groups is 1. The molecule has 116 valence electrons. The van der Waals surface area contributed by atoms with Crippen LogP contribution in [0.5, 0.6) is 0 Å². The van der Waals surface area contributed by atoms with Gasteiger partial charge in [0.2, 0.25) is 0 Å². The summed E-state index contributed by atoms with van der Waals surface area (Å²) in [5.74, 6) is -1.21. The zero-order valence-corrected chi connectivity index (χ0v) is 13.4. The second-order valence-corrected chi connectivity index (χ2v) is 5.63. The number of carboxylic acids is 1. The number of benzene rings is 1. The van der Waals surface area contributed by atoms with Crippen LogP contribution in [0, 0.1) is 6.92 Å². The molecule has 5 heteroatoms. The first kappa shape index (κ1) is 16.3. The molecular formula is C17H18ClNO3. The summed E-state index contributed by atoms with van der Waals surface area (Å²) < 4.78 is 1.90. The lowest BCUT2D eigenvalue weighted by Gasteiger charge is -2.19. The largest absolute Gasteiger partial charge is 0.477 e. The Hall–Kier alpha value is -2.07. The zero-order chi connectivity index (χ0) is 16.3. The third kappa shape index (κ3) is 3.22. The molecule has 1 heterocycles. The number of unbranched alkanes of at least 4 members (excludes halogenated alkanes) is 1. The number of carboxylic acid groups (broad SMARTS) is 1. The highest BCUT2D eigenvalue weighted by Gasteiger charge is 2.20. The molecule has 0 aliphatic rings. The van der Waals surface area contributed by atoms with Gasteiger partial charge in [-0.2, -0.15) is 0 Å². The van der Waals surface area contributed by atoms with E-state index < -0.39 is 11.4 Å². The molecule has 0 atom stereocenters. The number of rotatable bonds is 5.